The quantitative estimate of drug-likeness (QED) is 0.878. The molecule has 0 bridgehead atoms. The molecule has 0 spiro atoms. The molecule has 3 nitrogen and oxygen atoms in total. The topological polar surface area (TPSA) is 40.5 Å². The molecule has 5 heteroatoms. The number of carboxylic acid groups (broad SMARTS) is 1. The molecule has 0 aliphatic carbocycles. The van der Waals surface area contributed by atoms with E-state index in [1.165, 1.54) is 4.90 Å². The Morgan fingerprint density at radius 3 is 2.71 bits per heavy atom. The first-order valence-electron chi connectivity index (χ1n) is 6.71. The van der Waals surface area contributed by atoms with E-state index >= 15 is 0 Å². The summed E-state index contributed by atoms with van der Waals surface area (Å²) in [5.41, 5.74) is 2.17. The second-order valence-corrected chi connectivity index (χ2v) is 6.35. The number of carbonyl (C=O) groups is 1. The van der Waals surface area contributed by atoms with Crippen LogP contribution in [0.15, 0.2) is 52.3 Å². The zero-order valence-electron chi connectivity index (χ0n) is 11.3. The molecule has 0 saturated carbocycles. The minimum atomic E-state index is -0.763. The Hall–Kier alpha value is -1.65. The number of fused-ring (bicyclic) bond motifs is 2. The first kappa shape index (κ1) is 14.3. The highest BCUT2D eigenvalue weighted by Crippen LogP contribution is 2.48. The van der Waals surface area contributed by atoms with Gasteiger partial charge in [0.25, 0.3) is 0 Å². The number of benzene rings is 2. The number of nitrogens with zero attached hydrogens (tertiary/aromatic N) is 1. The summed E-state index contributed by atoms with van der Waals surface area (Å²) < 4.78 is 0. The molecule has 3 rings (SSSR count). The monoisotopic (exact) mass is 319 g/mol. The molecule has 1 heterocycles. The predicted molar refractivity (Wildman–Crippen MR) is 85.9 cm³/mol. The highest BCUT2D eigenvalue weighted by Gasteiger charge is 2.23. The molecule has 21 heavy (non-hydrogen) atoms. The van der Waals surface area contributed by atoms with Gasteiger partial charge >= 0.3 is 5.97 Å². The molecular weight excluding hydrogens is 306 g/mol. The summed E-state index contributed by atoms with van der Waals surface area (Å²) in [6.07, 6.45) is 0.766. The summed E-state index contributed by atoms with van der Waals surface area (Å²) in [4.78, 5) is 15.2. The van der Waals surface area contributed by atoms with Gasteiger partial charge in [-0.1, -0.05) is 35.5 Å². The molecule has 2 aromatic rings. The van der Waals surface area contributed by atoms with Gasteiger partial charge in [0.1, 0.15) is 0 Å². The Balaban J connectivity index is 1.96. The normalized spacial score (nSPS) is 12.7. The molecule has 0 fully saturated rings. The summed E-state index contributed by atoms with van der Waals surface area (Å²) in [7, 11) is 0. The highest BCUT2D eigenvalue weighted by atomic mass is 35.5. The van der Waals surface area contributed by atoms with E-state index in [0.29, 0.717) is 18.0 Å². The molecule has 2 aromatic carbocycles. The van der Waals surface area contributed by atoms with Crippen LogP contribution in [-0.4, -0.2) is 17.6 Å². The van der Waals surface area contributed by atoms with Crippen LogP contribution in [0.5, 0.6) is 0 Å². The largest absolute Gasteiger partial charge is 0.481 e. The van der Waals surface area contributed by atoms with E-state index < -0.39 is 5.97 Å². The summed E-state index contributed by atoms with van der Waals surface area (Å²) in [6.45, 7) is 0.664. The van der Waals surface area contributed by atoms with E-state index in [4.69, 9.17) is 16.7 Å². The van der Waals surface area contributed by atoms with Gasteiger partial charge in [-0.2, -0.15) is 0 Å². The molecule has 0 aromatic heterocycles. The fourth-order valence-electron chi connectivity index (χ4n) is 2.43. The van der Waals surface area contributed by atoms with Crippen molar-refractivity contribution in [3.8, 4) is 0 Å². The van der Waals surface area contributed by atoms with Crippen LogP contribution in [0.3, 0.4) is 0 Å². The minimum absolute atomic E-state index is 0.168. The number of halogens is 1. The fraction of sp³-hybridized carbons (Fsp3) is 0.188. The maximum atomic E-state index is 10.7. The van der Waals surface area contributed by atoms with Crippen LogP contribution >= 0.6 is 23.4 Å². The zero-order chi connectivity index (χ0) is 14.8. The van der Waals surface area contributed by atoms with Gasteiger partial charge in [-0.25, -0.2) is 0 Å². The van der Waals surface area contributed by atoms with Crippen molar-refractivity contribution in [2.45, 2.75) is 22.6 Å². The van der Waals surface area contributed by atoms with Crippen molar-refractivity contribution < 1.29 is 9.90 Å². The Labute approximate surface area is 132 Å². The second-order valence-electron chi connectivity index (χ2n) is 4.83. The lowest BCUT2D eigenvalue weighted by Crippen LogP contribution is -2.22. The molecular formula is C16H14ClNO2S. The number of hydrogen-bond acceptors (Lipinski definition) is 3. The fourth-order valence-corrected chi connectivity index (χ4v) is 3.67. The summed E-state index contributed by atoms with van der Waals surface area (Å²) in [5.74, 6) is -0.763. The first-order valence-corrected chi connectivity index (χ1v) is 7.90. The molecule has 108 valence electrons. The lowest BCUT2D eigenvalue weighted by Gasteiger charge is -2.32. The van der Waals surface area contributed by atoms with Crippen molar-refractivity contribution in [3.63, 3.8) is 0 Å². The van der Waals surface area contributed by atoms with Gasteiger partial charge < -0.3 is 10.0 Å². The van der Waals surface area contributed by atoms with Crippen molar-refractivity contribution in [2.24, 2.45) is 0 Å². The third kappa shape index (κ3) is 3.01. The number of aliphatic carboxylic acids is 1. The van der Waals surface area contributed by atoms with Gasteiger partial charge in [0.2, 0.25) is 0 Å². The van der Waals surface area contributed by atoms with Crippen molar-refractivity contribution in [1.29, 1.82) is 0 Å². The van der Waals surface area contributed by atoms with E-state index in [9.17, 15) is 4.79 Å². The Kier molecular flexibility index (Phi) is 4.08. The summed E-state index contributed by atoms with van der Waals surface area (Å²) in [5, 5.41) is 9.53. The Morgan fingerprint density at radius 1 is 1.14 bits per heavy atom. The molecule has 0 atom stereocenters. The van der Waals surface area contributed by atoms with Crippen LogP contribution in [0, 0.1) is 0 Å². The first-order chi connectivity index (χ1) is 10.1. The van der Waals surface area contributed by atoms with E-state index in [2.05, 4.69) is 17.0 Å². The predicted octanol–water partition coefficient (Wildman–Crippen LogP) is 4.81. The zero-order valence-corrected chi connectivity index (χ0v) is 12.8. The average molecular weight is 320 g/mol. The smallest absolute Gasteiger partial charge is 0.303 e. The standard InChI is InChI=1S/C16H14ClNO2S/c17-11-7-8-15-13(10-11)18(9-3-6-16(19)20)12-4-1-2-5-14(12)21-15/h1-2,4-5,7-8,10H,3,6,9H2,(H,19,20). The van der Waals surface area contributed by atoms with E-state index in [-0.39, 0.29) is 6.42 Å². The van der Waals surface area contributed by atoms with Crippen molar-refractivity contribution in [2.75, 3.05) is 11.4 Å². The lowest BCUT2D eigenvalue weighted by atomic mass is 10.2. The number of hydrogen-bond donors (Lipinski definition) is 1. The van der Waals surface area contributed by atoms with Gasteiger partial charge in [-0.15, -0.1) is 0 Å². The maximum Gasteiger partial charge on any atom is 0.303 e. The van der Waals surface area contributed by atoms with Crippen LogP contribution in [0.2, 0.25) is 5.02 Å². The van der Waals surface area contributed by atoms with Gasteiger partial charge in [0.15, 0.2) is 0 Å². The highest BCUT2D eigenvalue weighted by molar-refractivity contribution is 7.99. The van der Waals surface area contributed by atoms with Crippen LogP contribution in [0.4, 0.5) is 11.4 Å². The van der Waals surface area contributed by atoms with E-state index in [0.717, 1.165) is 16.3 Å². The van der Waals surface area contributed by atoms with Crippen molar-refractivity contribution >= 4 is 40.7 Å². The third-order valence-corrected chi connectivity index (χ3v) is 4.73. The number of carboxylic acids is 1. The van der Waals surface area contributed by atoms with E-state index in [1.54, 1.807) is 11.8 Å². The van der Waals surface area contributed by atoms with Crippen LogP contribution in [0.1, 0.15) is 12.8 Å². The molecule has 1 aliphatic heterocycles. The molecule has 0 amide bonds. The minimum Gasteiger partial charge on any atom is -0.481 e. The molecule has 1 aliphatic rings. The SMILES string of the molecule is O=C(O)CCCN1c2ccccc2Sc2ccc(Cl)cc21. The maximum absolute atomic E-state index is 10.7. The lowest BCUT2D eigenvalue weighted by molar-refractivity contribution is -0.137. The second kappa shape index (κ2) is 6.00. The van der Waals surface area contributed by atoms with Gasteiger partial charge in [-0.3, -0.25) is 4.79 Å². The van der Waals surface area contributed by atoms with Crippen LogP contribution in [-0.2, 0) is 4.79 Å². The van der Waals surface area contributed by atoms with E-state index in [1.807, 2.05) is 30.3 Å². The summed E-state index contributed by atoms with van der Waals surface area (Å²) in [6, 6.07) is 14.0. The Morgan fingerprint density at radius 2 is 1.90 bits per heavy atom. The number of para-hydroxylation sites is 1. The number of anilines is 2. The van der Waals surface area contributed by atoms with Crippen molar-refractivity contribution in [1.82, 2.24) is 0 Å². The molecule has 0 radical (unpaired) electrons. The number of rotatable bonds is 4. The van der Waals surface area contributed by atoms with Crippen molar-refractivity contribution in [3.05, 3.63) is 47.5 Å². The summed E-state index contributed by atoms with van der Waals surface area (Å²) >= 11 is 7.84. The van der Waals surface area contributed by atoms with Crippen LogP contribution < -0.4 is 4.90 Å². The average Bonchev–Trinajstić information content (AvgIpc) is 2.46. The molecule has 0 saturated heterocycles. The van der Waals surface area contributed by atoms with Crippen LogP contribution in [0.25, 0.3) is 0 Å². The van der Waals surface area contributed by atoms with Gasteiger partial charge in [-0.05, 0) is 36.8 Å². The van der Waals surface area contributed by atoms with Gasteiger partial charge in [0, 0.05) is 27.8 Å². The molecule has 1 N–H and O–H groups in total. The third-order valence-electron chi connectivity index (χ3n) is 3.36. The molecule has 0 unspecified atom stereocenters. The Bertz CT molecular complexity index is 690. The van der Waals surface area contributed by atoms with Gasteiger partial charge in [0.05, 0.1) is 11.4 Å².